The largest absolute Gasteiger partial charge is 0.496 e. The lowest BCUT2D eigenvalue weighted by Crippen LogP contribution is -2.41. The third-order valence-electron chi connectivity index (χ3n) is 7.87. The van der Waals surface area contributed by atoms with E-state index >= 15 is 0 Å². The van der Waals surface area contributed by atoms with Gasteiger partial charge in [0.25, 0.3) is 0 Å². The highest BCUT2D eigenvalue weighted by molar-refractivity contribution is 7.99. The Kier molecular flexibility index (Phi) is 9.60. The Bertz CT molecular complexity index is 1000. The first-order valence-electron chi connectivity index (χ1n) is 12.8. The fraction of sp³-hybridized carbons (Fsp3) is 0.571. The molecule has 2 fully saturated rings. The number of rotatable bonds is 6. The van der Waals surface area contributed by atoms with Crippen LogP contribution in [0.3, 0.4) is 0 Å². The van der Waals surface area contributed by atoms with Gasteiger partial charge >= 0.3 is 14.2 Å². The minimum absolute atomic E-state index is 0.308. The zero-order chi connectivity index (χ0) is 28.5. The maximum absolute atomic E-state index is 6.05. The van der Waals surface area contributed by atoms with Gasteiger partial charge in [0.1, 0.15) is 11.5 Å². The number of benzene rings is 2. The lowest BCUT2D eigenvalue weighted by Gasteiger charge is -2.32. The fourth-order valence-corrected chi connectivity index (χ4v) is 5.11. The van der Waals surface area contributed by atoms with Gasteiger partial charge < -0.3 is 28.1 Å². The molecule has 6 nitrogen and oxygen atoms in total. The van der Waals surface area contributed by atoms with Crippen molar-refractivity contribution in [1.82, 2.24) is 0 Å². The van der Waals surface area contributed by atoms with Gasteiger partial charge in [-0.2, -0.15) is 0 Å². The molecule has 0 N–H and O–H groups in total. The van der Waals surface area contributed by atoms with E-state index in [1.165, 1.54) is 0 Å². The first kappa shape index (κ1) is 31.2. The van der Waals surface area contributed by atoms with Crippen molar-refractivity contribution >= 4 is 48.7 Å². The van der Waals surface area contributed by atoms with Gasteiger partial charge in [-0.3, -0.25) is 0 Å². The zero-order valence-corrected chi connectivity index (χ0v) is 26.5. The first-order chi connectivity index (χ1) is 17.6. The van der Waals surface area contributed by atoms with E-state index in [0.717, 1.165) is 32.2 Å². The molecule has 2 aliphatic heterocycles. The van der Waals surface area contributed by atoms with Gasteiger partial charge in [0, 0.05) is 9.79 Å². The molecule has 0 aliphatic carbocycles. The second-order valence-electron chi connectivity index (χ2n) is 11.4. The van der Waals surface area contributed by atoms with Gasteiger partial charge in [-0.15, -0.1) is 23.5 Å². The number of hydrogen-bond acceptors (Lipinski definition) is 8. The van der Waals surface area contributed by atoms with Gasteiger partial charge in [0.2, 0.25) is 0 Å². The summed E-state index contributed by atoms with van der Waals surface area (Å²) in [7, 11) is 2.71. The van der Waals surface area contributed by atoms with Crippen molar-refractivity contribution in [2.45, 2.75) is 87.6 Å². The molecule has 208 valence electrons. The Labute approximate surface area is 238 Å². The van der Waals surface area contributed by atoms with Crippen LogP contribution in [0, 0.1) is 0 Å². The minimum atomic E-state index is -0.338. The summed E-state index contributed by atoms with van der Waals surface area (Å²) in [5.41, 5.74) is 0.775. The highest BCUT2D eigenvalue weighted by Gasteiger charge is 2.52. The highest BCUT2D eigenvalue weighted by Crippen LogP contribution is 2.38. The van der Waals surface area contributed by atoms with Gasteiger partial charge in [0.05, 0.1) is 36.6 Å². The molecule has 2 aliphatic rings. The van der Waals surface area contributed by atoms with E-state index < -0.39 is 0 Å². The summed E-state index contributed by atoms with van der Waals surface area (Å²) < 4.78 is 34.9. The van der Waals surface area contributed by atoms with Crippen molar-refractivity contribution in [3.05, 3.63) is 36.4 Å². The fourth-order valence-electron chi connectivity index (χ4n) is 3.96. The van der Waals surface area contributed by atoms with Crippen molar-refractivity contribution in [2.24, 2.45) is 0 Å². The molecule has 0 spiro atoms. The number of thioether (sulfide) groups is 2. The Morgan fingerprint density at radius 1 is 0.553 bits per heavy atom. The molecular weight excluding hydrogens is 518 g/mol. The van der Waals surface area contributed by atoms with E-state index in [4.69, 9.17) is 28.1 Å². The lowest BCUT2D eigenvalue weighted by atomic mass is 9.79. The van der Waals surface area contributed by atoms with Gasteiger partial charge in [0.15, 0.2) is 0 Å². The van der Waals surface area contributed by atoms with Crippen LogP contribution in [0.1, 0.15) is 55.4 Å². The van der Waals surface area contributed by atoms with Crippen molar-refractivity contribution in [3.8, 4) is 11.5 Å². The molecule has 2 heterocycles. The molecule has 2 aromatic rings. The minimum Gasteiger partial charge on any atom is -0.496 e. The summed E-state index contributed by atoms with van der Waals surface area (Å²) in [4.78, 5) is 2.21. The van der Waals surface area contributed by atoms with Crippen molar-refractivity contribution in [1.29, 1.82) is 0 Å². The molecule has 4 rings (SSSR count). The summed E-state index contributed by atoms with van der Waals surface area (Å²) in [5.74, 6) is 1.74. The quantitative estimate of drug-likeness (QED) is 0.343. The SMILES string of the molecule is COc1cc(B2OC(C)(C)C(C)(C)O2)ccc1SC.COc1ccc(B2OC(C)(C)C(C)(C)O2)cc1SC. The number of ether oxygens (including phenoxy) is 2. The molecule has 10 heteroatoms. The van der Waals surface area contributed by atoms with Crippen LogP contribution in [-0.4, -0.2) is 63.4 Å². The maximum Gasteiger partial charge on any atom is 0.494 e. The van der Waals surface area contributed by atoms with Gasteiger partial charge in [-0.25, -0.2) is 0 Å². The van der Waals surface area contributed by atoms with Crippen LogP contribution in [0.5, 0.6) is 11.5 Å². The Morgan fingerprint density at radius 3 is 1.34 bits per heavy atom. The summed E-state index contributed by atoms with van der Waals surface area (Å²) in [5, 5.41) is 0. The molecule has 0 unspecified atom stereocenters. The third kappa shape index (κ3) is 6.37. The first-order valence-corrected chi connectivity index (χ1v) is 15.2. The van der Waals surface area contributed by atoms with E-state index in [0.29, 0.717) is 0 Å². The van der Waals surface area contributed by atoms with Crippen molar-refractivity contribution < 1.29 is 28.1 Å². The molecule has 38 heavy (non-hydrogen) atoms. The van der Waals surface area contributed by atoms with Crippen LogP contribution in [0.15, 0.2) is 46.2 Å². The molecule has 0 aromatic heterocycles. The van der Waals surface area contributed by atoms with Crippen molar-refractivity contribution in [2.75, 3.05) is 26.7 Å². The zero-order valence-electron chi connectivity index (χ0n) is 24.9. The van der Waals surface area contributed by atoms with Crippen LogP contribution in [0.25, 0.3) is 0 Å². The van der Waals surface area contributed by atoms with E-state index in [9.17, 15) is 0 Å². The van der Waals surface area contributed by atoms with E-state index in [-0.39, 0.29) is 36.6 Å². The molecule has 0 amide bonds. The van der Waals surface area contributed by atoms with Crippen LogP contribution < -0.4 is 20.4 Å². The molecule has 0 bridgehead atoms. The Hall–Kier alpha value is -1.29. The van der Waals surface area contributed by atoms with Crippen LogP contribution in [0.2, 0.25) is 0 Å². The topological polar surface area (TPSA) is 55.4 Å². The molecule has 2 aromatic carbocycles. The summed E-state index contributed by atoms with van der Waals surface area (Å²) >= 11 is 3.32. The average Bonchev–Trinajstić information content (AvgIpc) is 3.22. The Morgan fingerprint density at radius 2 is 0.947 bits per heavy atom. The summed E-state index contributed by atoms with van der Waals surface area (Å²) in [6, 6.07) is 12.1. The number of methoxy groups -OCH3 is 2. The van der Waals surface area contributed by atoms with Gasteiger partial charge in [-0.1, -0.05) is 12.1 Å². The van der Waals surface area contributed by atoms with Crippen LogP contribution >= 0.6 is 23.5 Å². The predicted molar refractivity (Wildman–Crippen MR) is 161 cm³/mol. The van der Waals surface area contributed by atoms with E-state index in [1.807, 2.05) is 42.8 Å². The van der Waals surface area contributed by atoms with E-state index in [2.05, 4.69) is 61.5 Å². The molecule has 0 radical (unpaired) electrons. The smallest absolute Gasteiger partial charge is 0.494 e. The second-order valence-corrected chi connectivity index (χ2v) is 13.1. The highest BCUT2D eigenvalue weighted by atomic mass is 32.2. The average molecular weight is 560 g/mol. The van der Waals surface area contributed by atoms with Crippen LogP contribution in [0.4, 0.5) is 0 Å². The molecule has 0 atom stereocenters. The standard InChI is InChI=1S/2C14H21BO3S/c1-13(2)14(3,4)18-15(17-13)10-7-8-12(19-6)11(9-10)16-5;1-13(2)14(3,4)18-15(17-13)10-7-8-11(16-5)12(9-10)19-6/h2*7-9H,1-6H3. The molecule has 2 saturated heterocycles. The molecular formula is C28H42B2O6S2. The molecule has 0 saturated carbocycles. The van der Waals surface area contributed by atoms with E-state index in [1.54, 1.807) is 37.7 Å². The maximum atomic E-state index is 6.05. The third-order valence-corrected chi connectivity index (χ3v) is 9.40. The lowest BCUT2D eigenvalue weighted by molar-refractivity contribution is 0.00578. The summed E-state index contributed by atoms with van der Waals surface area (Å²) in [6.45, 7) is 16.5. The van der Waals surface area contributed by atoms with Gasteiger partial charge in [-0.05, 0) is 103 Å². The number of hydrogen-bond donors (Lipinski definition) is 0. The monoisotopic (exact) mass is 560 g/mol. The van der Waals surface area contributed by atoms with Crippen molar-refractivity contribution in [3.63, 3.8) is 0 Å². The summed E-state index contributed by atoms with van der Waals surface area (Å²) in [6.07, 6.45) is 4.07. The normalized spacial score (nSPS) is 20.6. The van der Waals surface area contributed by atoms with Crippen LogP contribution in [-0.2, 0) is 18.6 Å². The Balaban J connectivity index is 0.000000211. The predicted octanol–water partition coefficient (Wildman–Crippen LogP) is 5.43. The second kappa shape index (κ2) is 11.7.